The Bertz CT molecular complexity index is 566. The summed E-state index contributed by atoms with van der Waals surface area (Å²) in [6, 6.07) is 5.50. The molecule has 0 unspecified atom stereocenters. The van der Waals surface area contributed by atoms with Crippen LogP contribution in [0.2, 0.25) is 0 Å². The Morgan fingerprint density at radius 2 is 2.11 bits per heavy atom. The van der Waals surface area contributed by atoms with E-state index >= 15 is 0 Å². The van der Waals surface area contributed by atoms with Crippen molar-refractivity contribution in [2.45, 2.75) is 19.3 Å². The lowest BCUT2D eigenvalue weighted by molar-refractivity contribution is 0.0717. The molecule has 3 rings (SSSR count). The molecule has 1 aliphatic rings. The molecular formula is C14H17N3O2. The number of aryl methyl sites for hydroxylation is 1. The van der Waals surface area contributed by atoms with Crippen LogP contribution in [-0.2, 0) is 7.05 Å². The SMILES string of the molecule is Cn1nc(C(=O)N2CCCCC2)cc1-c1ccco1. The molecule has 0 radical (unpaired) electrons. The third kappa shape index (κ3) is 2.28. The summed E-state index contributed by atoms with van der Waals surface area (Å²) < 4.78 is 7.04. The number of nitrogens with zero attached hydrogens (tertiary/aromatic N) is 3. The van der Waals surface area contributed by atoms with Crippen LogP contribution in [0.3, 0.4) is 0 Å². The van der Waals surface area contributed by atoms with Gasteiger partial charge in [-0.15, -0.1) is 0 Å². The first-order chi connectivity index (χ1) is 9.25. The minimum absolute atomic E-state index is 0.0214. The topological polar surface area (TPSA) is 51.3 Å². The van der Waals surface area contributed by atoms with Gasteiger partial charge in [0.15, 0.2) is 11.5 Å². The van der Waals surface area contributed by atoms with E-state index in [4.69, 9.17) is 4.42 Å². The normalized spacial score (nSPS) is 15.7. The molecule has 0 N–H and O–H groups in total. The van der Waals surface area contributed by atoms with E-state index in [1.54, 1.807) is 17.0 Å². The van der Waals surface area contributed by atoms with Crippen LogP contribution in [0.15, 0.2) is 28.9 Å². The zero-order valence-corrected chi connectivity index (χ0v) is 11.0. The van der Waals surface area contributed by atoms with Gasteiger partial charge < -0.3 is 9.32 Å². The van der Waals surface area contributed by atoms with Crippen molar-refractivity contribution < 1.29 is 9.21 Å². The largest absolute Gasteiger partial charge is 0.463 e. The van der Waals surface area contributed by atoms with Crippen LogP contribution in [0.4, 0.5) is 0 Å². The molecule has 1 amide bonds. The zero-order chi connectivity index (χ0) is 13.2. The van der Waals surface area contributed by atoms with Crippen LogP contribution in [0.25, 0.3) is 11.5 Å². The Morgan fingerprint density at radius 1 is 1.32 bits per heavy atom. The highest BCUT2D eigenvalue weighted by Crippen LogP contribution is 2.21. The number of hydrogen-bond acceptors (Lipinski definition) is 3. The van der Waals surface area contributed by atoms with Gasteiger partial charge in [0.1, 0.15) is 5.69 Å². The van der Waals surface area contributed by atoms with Crippen LogP contribution in [0.1, 0.15) is 29.8 Å². The van der Waals surface area contributed by atoms with Crippen molar-refractivity contribution in [2.24, 2.45) is 7.05 Å². The minimum Gasteiger partial charge on any atom is -0.463 e. The summed E-state index contributed by atoms with van der Waals surface area (Å²) in [5.74, 6) is 0.751. The van der Waals surface area contributed by atoms with Crippen molar-refractivity contribution in [1.82, 2.24) is 14.7 Å². The molecule has 0 saturated carbocycles. The second kappa shape index (κ2) is 4.91. The minimum atomic E-state index is 0.0214. The average Bonchev–Trinajstić information content (AvgIpc) is 3.08. The zero-order valence-electron chi connectivity index (χ0n) is 11.0. The summed E-state index contributed by atoms with van der Waals surface area (Å²) in [5, 5.41) is 4.31. The van der Waals surface area contributed by atoms with E-state index in [-0.39, 0.29) is 5.91 Å². The number of amides is 1. The first-order valence-corrected chi connectivity index (χ1v) is 6.63. The van der Waals surface area contributed by atoms with Gasteiger partial charge in [0.2, 0.25) is 0 Å². The van der Waals surface area contributed by atoms with Crippen LogP contribution in [0.5, 0.6) is 0 Å². The lowest BCUT2D eigenvalue weighted by Gasteiger charge is -2.25. The van der Waals surface area contributed by atoms with E-state index in [0.29, 0.717) is 5.69 Å². The second-order valence-electron chi connectivity index (χ2n) is 4.87. The van der Waals surface area contributed by atoms with Gasteiger partial charge in [0.25, 0.3) is 5.91 Å². The fourth-order valence-corrected chi connectivity index (χ4v) is 2.49. The summed E-state index contributed by atoms with van der Waals surface area (Å²) in [5.41, 5.74) is 1.32. The van der Waals surface area contributed by atoms with Crippen LogP contribution in [-0.4, -0.2) is 33.7 Å². The Kier molecular flexibility index (Phi) is 3.11. The molecule has 3 heterocycles. The van der Waals surface area contributed by atoms with Gasteiger partial charge in [-0.25, -0.2) is 0 Å². The smallest absolute Gasteiger partial charge is 0.274 e. The molecule has 19 heavy (non-hydrogen) atoms. The van der Waals surface area contributed by atoms with Crippen LogP contribution in [0, 0.1) is 0 Å². The quantitative estimate of drug-likeness (QED) is 0.831. The van der Waals surface area contributed by atoms with Crippen molar-refractivity contribution >= 4 is 5.91 Å². The molecule has 1 saturated heterocycles. The van der Waals surface area contributed by atoms with E-state index in [9.17, 15) is 4.79 Å². The second-order valence-corrected chi connectivity index (χ2v) is 4.87. The Balaban J connectivity index is 1.85. The molecule has 2 aromatic rings. The summed E-state index contributed by atoms with van der Waals surface area (Å²) in [4.78, 5) is 14.2. The van der Waals surface area contributed by atoms with Crippen molar-refractivity contribution in [3.63, 3.8) is 0 Å². The average molecular weight is 259 g/mol. The van der Waals surface area contributed by atoms with Gasteiger partial charge in [-0.05, 0) is 31.4 Å². The van der Waals surface area contributed by atoms with Crippen molar-refractivity contribution in [3.8, 4) is 11.5 Å². The monoisotopic (exact) mass is 259 g/mol. The highest BCUT2D eigenvalue weighted by atomic mass is 16.3. The van der Waals surface area contributed by atoms with Gasteiger partial charge >= 0.3 is 0 Å². The van der Waals surface area contributed by atoms with E-state index in [0.717, 1.165) is 37.4 Å². The summed E-state index contributed by atoms with van der Waals surface area (Å²) in [6.45, 7) is 1.68. The fourth-order valence-electron chi connectivity index (χ4n) is 2.49. The Morgan fingerprint density at radius 3 is 2.79 bits per heavy atom. The molecule has 0 atom stereocenters. The van der Waals surface area contributed by atoms with E-state index in [1.807, 2.05) is 24.1 Å². The third-order valence-corrected chi connectivity index (χ3v) is 3.52. The van der Waals surface area contributed by atoms with Crippen LogP contribution >= 0.6 is 0 Å². The molecule has 5 nitrogen and oxygen atoms in total. The molecule has 0 aliphatic carbocycles. The standard InChI is InChI=1S/C14H17N3O2/c1-16-12(13-6-5-9-19-13)10-11(15-16)14(18)17-7-3-2-4-8-17/h5-6,9-10H,2-4,7-8H2,1H3. The van der Waals surface area contributed by atoms with Crippen molar-refractivity contribution in [3.05, 3.63) is 30.2 Å². The number of carbonyl (C=O) groups is 1. The van der Waals surface area contributed by atoms with Crippen molar-refractivity contribution in [2.75, 3.05) is 13.1 Å². The first kappa shape index (κ1) is 12.0. The number of piperidine rings is 1. The highest BCUT2D eigenvalue weighted by Gasteiger charge is 2.22. The first-order valence-electron chi connectivity index (χ1n) is 6.63. The number of furan rings is 1. The molecule has 0 aromatic carbocycles. The van der Waals surface area contributed by atoms with Gasteiger partial charge in [0.05, 0.1) is 6.26 Å². The maximum absolute atomic E-state index is 12.4. The molecule has 100 valence electrons. The van der Waals surface area contributed by atoms with Gasteiger partial charge in [-0.3, -0.25) is 9.48 Å². The summed E-state index contributed by atoms with van der Waals surface area (Å²) in [7, 11) is 1.82. The van der Waals surface area contributed by atoms with E-state index in [1.165, 1.54) is 6.42 Å². The lowest BCUT2D eigenvalue weighted by atomic mass is 10.1. The molecule has 5 heteroatoms. The van der Waals surface area contributed by atoms with E-state index in [2.05, 4.69) is 5.10 Å². The maximum Gasteiger partial charge on any atom is 0.274 e. The van der Waals surface area contributed by atoms with Gasteiger partial charge in [-0.1, -0.05) is 0 Å². The highest BCUT2D eigenvalue weighted by molar-refractivity contribution is 5.93. The fraction of sp³-hybridized carbons (Fsp3) is 0.429. The maximum atomic E-state index is 12.4. The predicted molar refractivity (Wildman–Crippen MR) is 70.7 cm³/mol. The Labute approximate surface area is 111 Å². The molecule has 1 aliphatic heterocycles. The molecule has 2 aromatic heterocycles. The number of aromatic nitrogens is 2. The summed E-state index contributed by atoms with van der Waals surface area (Å²) in [6.07, 6.45) is 5.01. The van der Waals surface area contributed by atoms with Crippen molar-refractivity contribution in [1.29, 1.82) is 0 Å². The molecule has 0 bridgehead atoms. The number of carbonyl (C=O) groups excluding carboxylic acids is 1. The van der Waals surface area contributed by atoms with E-state index < -0.39 is 0 Å². The third-order valence-electron chi connectivity index (χ3n) is 3.52. The molecular weight excluding hydrogens is 242 g/mol. The van der Waals surface area contributed by atoms with Crippen LogP contribution < -0.4 is 0 Å². The molecule has 0 spiro atoms. The summed E-state index contributed by atoms with van der Waals surface area (Å²) >= 11 is 0. The Hall–Kier alpha value is -2.04. The lowest BCUT2D eigenvalue weighted by Crippen LogP contribution is -2.35. The number of rotatable bonds is 2. The van der Waals surface area contributed by atoms with Gasteiger partial charge in [-0.2, -0.15) is 5.10 Å². The number of hydrogen-bond donors (Lipinski definition) is 0. The molecule has 1 fully saturated rings. The predicted octanol–water partition coefficient (Wildman–Crippen LogP) is 2.31. The van der Waals surface area contributed by atoms with Gasteiger partial charge in [0, 0.05) is 26.2 Å². The number of likely N-dealkylation sites (tertiary alicyclic amines) is 1.